The van der Waals surface area contributed by atoms with Crippen molar-refractivity contribution >= 4 is 23.2 Å². The van der Waals surface area contributed by atoms with Gasteiger partial charge in [-0.1, -0.05) is 11.6 Å². The summed E-state index contributed by atoms with van der Waals surface area (Å²) in [5, 5.41) is 8.36. The summed E-state index contributed by atoms with van der Waals surface area (Å²) in [6.07, 6.45) is 5.30. The molecule has 1 aliphatic carbocycles. The molecule has 2 atom stereocenters. The van der Waals surface area contributed by atoms with E-state index in [-0.39, 0.29) is 0 Å². The molecular weight excluding hydrogens is 252 g/mol. The van der Waals surface area contributed by atoms with Crippen molar-refractivity contribution in [2.45, 2.75) is 31.4 Å². The molecule has 18 heavy (non-hydrogen) atoms. The molecule has 96 valence electrons. The third kappa shape index (κ3) is 2.28. The van der Waals surface area contributed by atoms with Crippen LogP contribution in [0, 0.1) is 0 Å². The van der Waals surface area contributed by atoms with Crippen molar-refractivity contribution in [1.29, 1.82) is 0 Å². The Morgan fingerprint density at radius 3 is 3.11 bits per heavy atom. The van der Waals surface area contributed by atoms with Crippen LogP contribution in [0.4, 0.5) is 5.95 Å². The van der Waals surface area contributed by atoms with E-state index in [0.717, 1.165) is 24.9 Å². The van der Waals surface area contributed by atoms with Crippen LogP contribution >= 0.6 is 11.6 Å². The van der Waals surface area contributed by atoms with Gasteiger partial charge in [0.25, 0.3) is 0 Å². The maximum absolute atomic E-state index is 5.91. The first-order valence-electron chi connectivity index (χ1n) is 6.06. The standard InChI is InChI=1S/C12H15ClN4O/c1-18-10-4-3-9(6-10)14-12-15-11-5-2-8(13)7-17(11)16-12/h2,5,7,9-10H,3-4,6H2,1H3,(H,14,16). The molecule has 0 amide bonds. The van der Waals surface area contributed by atoms with Gasteiger partial charge in [0.05, 0.1) is 11.1 Å². The maximum atomic E-state index is 5.91. The number of hydrogen-bond acceptors (Lipinski definition) is 4. The Labute approximate surface area is 110 Å². The lowest BCUT2D eigenvalue weighted by molar-refractivity contribution is 0.108. The van der Waals surface area contributed by atoms with Crippen LogP contribution in [0.1, 0.15) is 19.3 Å². The second kappa shape index (κ2) is 4.74. The van der Waals surface area contributed by atoms with Gasteiger partial charge in [0, 0.05) is 19.3 Å². The Balaban J connectivity index is 1.75. The lowest BCUT2D eigenvalue weighted by Crippen LogP contribution is -2.18. The Hall–Kier alpha value is -1.33. The Morgan fingerprint density at radius 2 is 2.33 bits per heavy atom. The summed E-state index contributed by atoms with van der Waals surface area (Å²) in [7, 11) is 1.76. The zero-order chi connectivity index (χ0) is 12.5. The quantitative estimate of drug-likeness (QED) is 0.927. The zero-order valence-corrected chi connectivity index (χ0v) is 10.9. The molecule has 1 N–H and O–H groups in total. The van der Waals surface area contributed by atoms with Gasteiger partial charge in [-0.05, 0) is 31.4 Å². The van der Waals surface area contributed by atoms with Gasteiger partial charge in [0.2, 0.25) is 5.95 Å². The highest BCUT2D eigenvalue weighted by Crippen LogP contribution is 2.24. The van der Waals surface area contributed by atoms with Crippen LogP contribution in [0.3, 0.4) is 0 Å². The normalized spacial score (nSPS) is 23.7. The molecule has 0 spiro atoms. The molecule has 5 nitrogen and oxygen atoms in total. The summed E-state index contributed by atoms with van der Waals surface area (Å²) in [6.45, 7) is 0. The molecule has 2 unspecified atom stereocenters. The maximum Gasteiger partial charge on any atom is 0.243 e. The van der Waals surface area contributed by atoms with Crippen molar-refractivity contribution in [2.75, 3.05) is 12.4 Å². The Morgan fingerprint density at radius 1 is 1.44 bits per heavy atom. The van der Waals surface area contributed by atoms with E-state index in [4.69, 9.17) is 16.3 Å². The van der Waals surface area contributed by atoms with E-state index in [9.17, 15) is 0 Å². The van der Waals surface area contributed by atoms with Crippen molar-refractivity contribution in [1.82, 2.24) is 14.6 Å². The van der Waals surface area contributed by atoms with Gasteiger partial charge in [0.1, 0.15) is 0 Å². The highest BCUT2D eigenvalue weighted by atomic mass is 35.5. The number of ether oxygens (including phenoxy) is 1. The van der Waals surface area contributed by atoms with E-state index in [1.54, 1.807) is 17.8 Å². The van der Waals surface area contributed by atoms with E-state index in [1.807, 2.05) is 12.1 Å². The first-order chi connectivity index (χ1) is 8.74. The Kier molecular flexibility index (Phi) is 3.09. The monoisotopic (exact) mass is 266 g/mol. The van der Waals surface area contributed by atoms with E-state index < -0.39 is 0 Å². The molecule has 0 radical (unpaired) electrons. The van der Waals surface area contributed by atoms with Gasteiger partial charge in [-0.3, -0.25) is 0 Å². The van der Waals surface area contributed by atoms with Gasteiger partial charge >= 0.3 is 0 Å². The zero-order valence-electron chi connectivity index (χ0n) is 10.1. The van der Waals surface area contributed by atoms with E-state index in [2.05, 4.69) is 15.4 Å². The number of nitrogens with one attached hydrogen (secondary N) is 1. The number of pyridine rings is 1. The Bertz CT molecular complexity index is 556. The number of methoxy groups -OCH3 is 1. The van der Waals surface area contributed by atoms with Gasteiger partial charge in [0.15, 0.2) is 5.65 Å². The summed E-state index contributed by atoms with van der Waals surface area (Å²) < 4.78 is 7.04. The summed E-state index contributed by atoms with van der Waals surface area (Å²) in [4.78, 5) is 4.41. The topological polar surface area (TPSA) is 51.5 Å². The largest absolute Gasteiger partial charge is 0.381 e. The summed E-state index contributed by atoms with van der Waals surface area (Å²) in [5.74, 6) is 0.652. The van der Waals surface area contributed by atoms with E-state index >= 15 is 0 Å². The molecule has 2 heterocycles. The molecule has 2 aromatic rings. The first kappa shape index (κ1) is 11.7. The minimum atomic E-state index is 0.356. The lowest BCUT2D eigenvalue weighted by atomic mass is 10.2. The van der Waals surface area contributed by atoms with Crippen LogP contribution in [0.5, 0.6) is 0 Å². The predicted molar refractivity (Wildman–Crippen MR) is 70.1 cm³/mol. The number of aromatic nitrogens is 3. The second-order valence-electron chi connectivity index (χ2n) is 4.60. The smallest absolute Gasteiger partial charge is 0.243 e. The van der Waals surface area contributed by atoms with Gasteiger partial charge in [-0.2, -0.15) is 4.98 Å². The molecule has 2 aromatic heterocycles. The third-order valence-electron chi connectivity index (χ3n) is 3.35. The van der Waals surface area contributed by atoms with E-state index in [1.165, 1.54) is 0 Å². The van der Waals surface area contributed by atoms with Crippen LogP contribution in [-0.4, -0.2) is 33.9 Å². The van der Waals surface area contributed by atoms with Crippen molar-refractivity contribution in [2.24, 2.45) is 0 Å². The molecular formula is C12H15ClN4O. The minimum Gasteiger partial charge on any atom is -0.381 e. The molecule has 0 bridgehead atoms. The van der Waals surface area contributed by atoms with Crippen molar-refractivity contribution in [3.05, 3.63) is 23.4 Å². The number of fused-ring (bicyclic) bond motifs is 1. The van der Waals surface area contributed by atoms with Crippen LogP contribution in [0.2, 0.25) is 5.02 Å². The summed E-state index contributed by atoms with van der Waals surface area (Å²) in [5.41, 5.74) is 0.795. The van der Waals surface area contributed by atoms with Crippen molar-refractivity contribution in [3.63, 3.8) is 0 Å². The fourth-order valence-corrected chi connectivity index (χ4v) is 2.54. The van der Waals surface area contributed by atoms with Crippen molar-refractivity contribution in [3.8, 4) is 0 Å². The van der Waals surface area contributed by atoms with Crippen LogP contribution < -0.4 is 5.32 Å². The number of hydrogen-bond donors (Lipinski definition) is 1. The highest BCUT2D eigenvalue weighted by Gasteiger charge is 2.25. The van der Waals surface area contributed by atoms with Gasteiger partial charge < -0.3 is 10.1 Å². The number of anilines is 1. The first-order valence-corrected chi connectivity index (χ1v) is 6.43. The molecule has 0 aromatic carbocycles. The van der Waals surface area contributed by atoms with Crippen LogP contribution in [-0.2, 0) is 4.74 Å². The van der Waals surface area contributed by atoms with Gasteiger partial charge in [-0.25, -0.2) is 4.52 Å². The molecule has 1 fully saturated rings. The SMILES string of the molecule is COC1CCC(Nc2nc3ccc(Cl)cn3n2)C1. The number of halogens is 1. The lowest BCUT2D eigenvalue weighted by Gasteiger charge is -2.10. The molecule has 1 saturated carbocycles. The van der Waals surface area contributed by atoms with Gasteiger partial charge in [-0.15, -0.1) is 5.10 Å². The minimum absolute atomic E-state index is 0.356. The summed E-state index contributed by atoms with van der Waals surface area (Å²) in [6, 6.07) is 4.06. The molecule has 1 aliphatic rings. The second-order valence-corrected chi connectivity index (χ2v) is 5.03. The third-order valence-corrected chi connectivity index (χ3v) is 3.57. The summed E-state index contributed by atoms with van der Waals surface area (Å²) >= 11 is 5.91. The van der Waals surface area contributed by atoms with Crippen LogP contribution in [0.15, 0.2) is 18.3 Å². The van der Waals surface area contributed by atoms with Crippen LogP contribution in [0.25, 0.3) is 5.65 Å². The van der Waals surface area contributed by atoms with E-state index in [0.29, 0.717) is 23.1 Å². The highest BCUT2D eigenvalue weighted by molar-refractivity contribution is 6.30. The van der Waals surface area contributed by atoms with Crippen molar-refractivity contribution < 1.29 is 4.74 Å². The number of rotatable bonds is 3. The average molecular weight is 267 g/mol. The molecule has 6 heteroatoms. The predicted octanol–water partition coefficient (Wildman–Crippen LogP) is 2.36. The average Bonchev–Trinajstić information content (AvgIpc) is 2.95. The fourth-order valence-electron chi connectivity index (χ4n) is 2.39. The number of nitrogens with zero attached hydrogens (tertiary/aromatic N) is 3. The molecule has 3 rings (SSSR count). The molecule has 0 saturated heterocycles. The fraction of sp³-hybridized carbons (Fsp3) is 0.500. The molecule has 0 aliphatic heterocycles.